The van der Waals surface area contributed by atoms with Crippen molar-refractivity contribution in [3.05, 3.63) is 40.0 Å². The third-order valence-electron chi connectivity index (χ3n) is 2.47. The van der Waals surface area contributed by atoms with Gasteiger partial charge in [0.25, 0.3) is 5.91 Å². The summed E-state index contributed by atoms with van der Waals surface area (Å²) in [7, 11) is 0. The third kappa shape index (κ3) is 3.56. The smallest absolute Gasteiger partial charge is 0.315 e. The van der Waals surface area contributed by atoms with E-state index in [1.165, 1.54) is 12.3 Å². The first kappa shape index (κ1) is 15.8. The van der Waals surface area contributed by atoms with E-state index in [9.17, 15) is 14.8 Å². The van der Waals surface area contributed by atoms with Crippen molar-refractivity contribution in [2.24, 2.45) is 0 Å². The first-order valence-electron chi connectivity index (χ1n) is 5.52. The molecular weight excluding hydrogens is 339 g/mol. The summed E-state index contributed by atoms with van der Waals surface area (Å²) in [5, 5.41) is 19.2. The van der Waals surface area contributed by atoms with E-state index in [2.05, 4.69) is 4.98 Å². The summed E-state index contributed by atoms with van der Waals surface area (Å²) in [5.74, 6) is -2.49. The highest BCUT2D eigenvalue weighted by Gasteiger charge is 2.22. The highest BCUT2D eigenvalue weighted by atomic mass is 35.5. The summed E-state index contributed by atoms with van der Waals surface area (Å²) in [4.78, 5) is 26.7. The quantitative estimate of drug-likeness (QED) is 0.502. The second kappa shape index (κ2) is 6.48. The molecule has 0 aliphatic heterocycles. The van der Waals surface area contributed by atoms with Crippen LogP contribution in [0.1, 0.15) is 10.4 Å². The van der Waals surface area contributed by atoms with Gasteiger partial charge in [-0.15, -0.1) is 0 Å². The fourth-order valence-electron chi connectivity index (χ4n) is 1.62. The van der Waals surface area contributed by atoms with Gasteiger partial charge in [0.1, 0.15) is 5.75 Å². The van der Waals surface area contributed by atoms with Gasteiger partial charge in [-0.05, 0) is 24.1 Å². The Morgan fingerprint density at radius 1 is 1.33 bits per heavy atom. The average Bonchev–Trinajstić information content (AvgIpc) is 2.44. The molecule has 0 unspecified atom stereocenters. The molecule has 110 valence electrons. The zero-order valence-electron chi connectivity index (χ0n) is 10.3. The van der Waals surface area contributed by atoms with Gasteiger partial charge in [-0.25, -0.2) is 0 Å². The molecule has 0 radical (unpaired) electrons. The molecule has 1 aromatic carbocycles. The molecule has 0 fully saturated rings. The number of nitrogens with zero attached hydrogens (tertiary/aromatic N) is 2. The van der Waals surface area contributed by atoms with Crippen molar-refractivity contribution in [3.63, 3.8) is 0 Å². The molecule has 2 rings (SSSR count). The van der Waals surface area contributed by atoms with Crippen LogP contribution in [0.2, 0.25) is 10.0 Å². The van der Waals surface area contributed by atoms with Crippen molar-refractivity contribution < 1.29 is 19.9 Å². The van der Waals surface area contributed by atoms with Crippen LogP contribution >= 0.6 is 35.1 Å². The number of carboxylic acids is 1. The summed E-state index contributed by atoms with van der Waals surface area (Å²) in [6.07, 6.45) is 1.35. The molecule has 0 bridgehead atoms. The molecule has 1 aromatic heterocycles. The van der Waals surface area contributed by atoms with E-state index in [1.807, 2.05) is 0 Å². The molecule has 1 heterocycles. The summed E-state index contributed by atoms with van der Waals surface area (Å²) in [5.41, 5.74) is 0.248. The number of amides is 1. The summed E-state index contributed by atoms with van der Waals surface area (Å²) >= 11 is 12.3. The SMILES string of the molecule is O=C(O)CSN(O)C(=O)c1c(Cl)ccc2cc(Cl)cnc12. The predicted molar refractivity (Wildman–Crippen MR) is 79.8 cm³/mol. The van der Waals surface area contributed by atoms with Crippen molar-refractivity contribution in [2.45, 2.75) is 0 Å². The lowest BCUT2D eigenvalue weighted by molar-refractivity contribution is -0.134. The minimum absolute atomic E-state index is 0.0220. The number of carbonyl (C=O) groups excluding carboxylic acids is 1. The Hall–Kier alpha value is -1.54. The number of hydrogen-bond donors (Lipinski definition) is 2. The molecule has 1 amide bonds. The molecule has 0 saturated carbocycles. The van der Waals surface area contributed by atoms with Gasteiger partial charge in [0.2, 0.25) is 0 Å². The Labute approximate surface area is 133 Å². The van der Waals surface area contributed by atoms with Crippen LogP contribution in [0.15, 0.2) is 24.4 Å². The topological polar surface area (TPSA) is 90.7 Å². The summed E-state index contributed by atoms with van der Waals surface area (Å²) in [6, 6.07) is 4.72. The number of aliphatic carboxylic acids is 1. The van der Waals surface area contributed by atoms with Crippen LogP contribution < -0.4 is 0 Å². The molecule has 21 heavy (non-hydrogen) atoms. The molecule has 9 heteroatoms. The molecule has 0 spiro atoms. The van der Waals surface area contributed by atoms with Crippen LogP contribution in [-0.4, -0.2) is 37.4 Å². The van der Waals surface area contributed by atoms with Crippen LogP contribution in [0.3, 0.4) is 0 Å². The van der Waals surface area contributed by atoms with Crippen molar-refractivity contribution in [1.29, 1.82) is 0 Å². The lowest BCUT2D eigenvalue weighted by Gasteiger charge is -2.14. The number of halogens is 2. The van der Waals surface area contributed by atoms with E-state index in [-0.39, 0.29) is 20.6 Å². The molecular formula is C12H8Cl2N2O4S. The Bertz CT molecular complexity index is 726. The Kier molecular flexibility index (Phi) is 4.89. The molecule has 0 atom stereocenters. The molecule has 0 saturated heterocycles. The molecule has 2 N–H and O–H groups in total. The number of fused-ring (bicyclic) bond motifs is 1. The first-order valence-corrected chi connectivity index (χ1v) is 7.22. The second-order valence-electron chi connectivity index (χ2n) is 3.89. The van der Waals surface area contributed by atoms with Gasteiger partial charge in [0.15, 0.2) is 0 Å². The number of rotatable bonds is 4. The van der Waals surface area contributed by atoms with Gasteiger partial charge in [-0.1, -0.05) is 29.3 Å². The fraction of sp³-hybridized carbons (Fsp3) is 0.0833. The van der Waals surface area contributed by atoms with E-state index in [0.717, 1.165) is 0 Å². The number of hydrogen-bond acceptors (Lipinski definition) is 5. The highest BCUT2D eigenvalue weighted by molar-refractivity contribution is 7.98. The van der Waals surface area contributed by atoms with Crippen LogP contribution in [0, 0.1) is 0 Å². The number of aromatic nitrogens is 1. The summed E-state index contributed by atoms with van der Waals surface area (Å²) < 4.78 is 0.227. The van der Waals surface area contributed by atoms with E-state index in [4.69, 9.17) is 28.3 Å². The molecule has 2 aromatic rings. The number of hydroxylamine groups is 1. The highest BCUT2D eigenvalue weighted by Crippen LogP contribution is 2.28. The number of pyridine rings is 1. The normalized spacial score (nSPS) is 10.6. The molecule has 6 nitrogen and oxygen atoms in total. The van der Waals surface area contributed by atoms with Gasteiger partial charge >= 0.3 is 5.97 Å². The maximum Gasteiger partial charge on any atom is 0.315 e. The second-order valence-corrected chi connectivity index (χ2v) is 5.63. The van der Waals surface area contributed by atoms with Gasteiger partial charge in [0.05, 0.1) is 21.1 Å². The van der Waals surface area contributed by atoms with Crippen LogP contribution in [-0.2, 0) is 4.79 Å². The van der Waals surface area contributed by atoms with Gasteiger partial charge in [0, 0.05) is 11.6 Å². The average molecular weight is 347 g/mol. The number of carbonyl (C=O) groups is 2. The van der Waals surface area contributed by atoms with Gasteiger partial charge in [-0.3, -0.25) is 19.8 Å². The van der Waals surface area contributed by atoms with Gasteiger partial charge < -0.3 is 5.11 Å². The fourth-order valence-corrected chi connectivity index (χ4v) is 2.47. The minimum Gasteiger partial charge on any atom is -0.481 e. The monoisotopic (exact) mass is 346 g/mol. The Morgan fingerprint density at radius 3 is 2.71 bits per heavy atom. The third-order valence-corrected chi connectivity index (χ3v) is 3.77. The van der Waals surface area contributed by atoms with Crippen LogP contribution in [0.4, 0.5) is 0 Å². The maximum atomic E-state index is 12.2. The largest absolute Gasteiger partial charge is 0.481 e. The molecule has 0 aliphatic carbocycles. The minimum atomic E-state index is -1.17. The zero-order chi connectivity index (χ0) is 15.6. The van der Waals surface area contributed by atoms with Crippen LogP contribution in [0.25, 0.3) is 10.9 Å². The number of benzene rings is 1. The van der Waals surface area contributed by atoms with E-state index in [1.54, 1.807) is 12.1 Å². The van der Waals surface area contributed by atoms with Crippen molar-refractivity contribution in [2.75, 3.05) is 5.75 Å². The predicted octanol–water partition coefficient (Wildman–Crippen LogP) is 3.11. The van der Waals surface area contributed by atoms with E-state index < -0.39 is 17.6 Å². The van der Waals surface area contributed by atoms with Crippen molar-refractivity contribution in [3.8, 4) is 0 Å². The first-order chi connectivity index (χ1) is 9.90. The zero-order valence-corrected chi connectivity index (χ0v) is 12.6. The Morgan fingerprint density at radius 2 is 2.05 bits per heavy atom. The van der Waals surface area contributed by atoms with Crippen molar-refractivity contribution >= 4 is 57.9 Å². The van der Waals surface area contributed by atoms with Crippen molar-refractivity contribution in [1.82, 2.24) is 9.45 Å². The van der Waals surface area contributed by atoms with E-state index >= 15 is 0 Å². The lowest BCUT2D eigenvalue weighted by Crippen LogP contribution is -2.23. The van der Waals surface area contributed by atoms with Gasteiger partial charge in [-0.2, -0.15) is 4.47 Å². The summed E-state index contributed by atoms with van der Waals surface area (Å²) in [6.45, 7) is 0. The van der Waals surface area contributed by atoms with Crippen LogP contribution in [0.5, 0.6) is 0 Å². The standard InChI is InChI=1S/C12H8Cl2N2O4S/c13-7-3-6-1-2-8(14)10(11(6)15-4-7)12(19)16(20)21-5-9(17)18/h1-4,20H,5H2,(H,17,18). The number of carboxylic acid groups (broad SMARTS) is 1. The Balaban J connectivity index is 2.42. The molecule has 0 aliphatic rings. The maximum absolute atomic E-state index is 12.2. The lowest BCUT2D eigenvalue weighted by atomic mass is 10.1. The van der Waals surface area contributed by atoms with E-state index in [0.29, 0.717) is 22.4 Å².